The Bertz CT molecular complexity index is 676. The number of carbonyl (C=O) groups is 1. The fourth-order valence-corrected chi connectivity index (χ4v) is 2.69. The van der Waals surface area contributed by atoms with Gasteiger partial charge >= 0.3 is 0 Å². The van der Waals surface area contributed by atoms with Gasteiger partial charge in [0.1, 0.15) is 11.6 Å². The Morgan fingerprint density at radius 3 is 2.91 bits per heavy atom. The zero-order valence-corrected chi connectivity index (χ0v) is 12.8. The fraction of sp³-hybridized carbons (Fsp3) is 0.375. The molecule has 22 heavy (non-hydrogen) atoms. The molecule has 0 fully saturated rings. The third-order valence-electron chi connectivity index (χ3n) is 3.85. The van der Waals surface area contributed by atoms with Crippen molar-refractivity contribution in [2.24, 2.45) is 7.05 Å². The highest BCUT2D eigenvalue weighted by Gasteiger charge is 2.20. The van der Waals surface area contributed by atoms with Gasteiger partial charge in [-0.25, -0.2) is 0 Å². The van der Waals surface area contributed by atoms with Crippen molar-refractivity contribution in [3.63, 3.8) is 0 Å². The number of methoxy groups -OCH3 is 1. The third kappa shape index (κ3) is 2.96. The average molecular weight is 300 g/mol. The largest absolute Gasteiger partial charge is 0.497 e. The van der Waals surface area contributed by atoms with Crippen LogP contribution in [0.4, 0.5) is 5.82 Å². The summed E-state index contributed by atoms with van der Waals surface area (Å²) < 4.78 is 6.87. The maximum absolute atomic E-state index is 12.3. The number of nitrogens with one attached hydrogen (secondary N) is 2. The molecule has 0 atom stereocenters. The van der Waals surface area contributed by atoms with Crippen molar-refractivity contribution in [1.29, 1.82) is 0 Å². The Hall–Kier alpha value is -2.34. The third-order valence-corrected chi connectivity index (χ3v) is 3.85. The minimum atomic E-state index is -0.0402. The number of fused-ring (bicyclic) bond motifs is 1. The van der Waals surface area contributed by atoms with Crippen LogP contribution < -0.4 is 15.4 Å². The summed E-state index contributed by atoms with van der Waals surface area (Å²) in [5, 5.41) is 10.8. The fourth-order valence-electron chi connectivity index (χ4n) is 2.69. The van der Waals surface area contributed by atoms with Crippen LogP contribution in [-0.4, -0.2) is 29.3 Å². The Labute approximate surface area is 129 Å². The van der Waals surface area contributed by atoms with Crippen LogP contribution in [0, 0.1) is 0 Å². The van der Waals surface area contributed by atoms with Crippen molar-refractivity contribution in [2.75, 3.05) is 19.0 Å². The van der Waals surface area contributed by atoms with E-state index >= 15 is 0 Å². The molecule has 0 saturated carbocycles. The highest BCUT2D eigenvalue weighted by molar-refractivity contribution is 5.92. The number of aryl methyl sites for hydroxylation is 1. The number of nitrogens with zero attached hydrogens (tertiary/aromatic N) is 2. The zero-order valence-electron chi connectivity index (χ0n) is 12.8. The SMILES string of the molecule is COc1ccc(CC(=O)Nc2c3c(nn2C)CCNC3)cc1. The quantitative estimate of drug-likeness (QED) is 0.892. The summed E-state index contributed by atoms with van der Waals surface area (Å²) in [5.41, 5.74) is 3.12. The van der Waals surface area contributed by atoms with Crippen molar-refractivity contribution in [1.82, 2.24) is 15.1 Å². The van der Waals surface area contributed by atoms with E-state index in [4.69, 9.17) is 4.74 Å². The topological polar surface area (TPSA) is 68.2 Å². The summed E-state index contributed by atoms with van der Waals surface area (Å²) in [5.74, 6) is 1.54. The summed E-state index contributed by atoms with van der Waals surface area (Å²) in [6, 6.07) is 7.52. The molecule has 6 nitrogen and oxygen atoms in total. The Morgan fingerprint density at radius 2 is 2.18 bits per heavy atom. The van der Waals surface area contributed by atoms with Gasteiger partial charge in [-0.2, -0.15) is 5.10 Å². The molecule has 1 aliphatic heterocycles. The molecule has 1 aromatic carbocycles. The Kier molecular flexibility index (Phi) is 4.11. The van der Waals surface area contributed by atoms with Gasteiger partial charge in [0.2, 0.25) is 5.91 Å². The van der Waals surface area contributed by atoms with Gasteiger partial charge in [0.25, 0.3) is 0 Å². The van der Waals surface area contributed by atoms with E-state index in [1.54, 1.807) is 11.8 Å². The van der Waals surface area contributed by atoms with Crippen LogP contribution >= 0.6 is 0 Å². The molecule has 0 spiro atoms. The van der Waals surface area contributed by atoms with Crippen molar-refractivity contribution in [3.05, 3.63) is 41.1 Å². The second-order valence-electron chi connectivity index (χ2n) is 5.40. The maximum Gasteiger partial charge on any atom is 0.229 e. The van der Waals surface area contributed by atoms with Crippen LogP contribution in [-0.2, 0) is 31.2 Å². The summed E-state index contributed by atoms with van der Waals surface area (Å²) in [6.07, 6.45) is 1.23. The van der Waals surface area contributed by atoms with E-state index in [-0.39, 0.29) is 5.91 Å². The molecule has 1 aromatic heterocycles. The van der Waals surface area contributed by atoms with Crippen LogP contribution in [0.2, 0.25) is 0 Å². The lowest BCUT2D eigenvalue weighted by molar-refractivity contribution is -0.115. The standard InChI is InChI=1S/C16H20N4O2/c1-20-16(13-10-17-8-7-14(13)19-20)18-15(21)9-11-3-5-12(22-2)6-4-11/h3-6,17H,7-10H2,1-2H3,(H,18,21). The van der Waals surface area contributed by atoms with Crippen LogP contribution in [0.25, 0.3) is 0 Å². The predicted molar refractivity (Wildman–Crippen MR) is 83.9 cm³/mol. The molecule has 6 heteroatoms. The summed E-state index contributed by atoms with van der Waals surface area (Å²) >= 11 is 0. The molecular weight excluding hydrogens is 280 g/mol. The predicted octanol–water partition coefficient (Wildman–Crippen LogP) is 1.26. The molecule has 0 saturated heterocycles. The summed E-state index contributed by atoms with van der Waals surface area (Å²) in [7, 11) is 3.49. The number of ether oxygens (including phenoxy) is 1. The first-order chi connectivity index (χ1) is 10.7. The Morgan fingerprint density at radius 1 is 1.41 bits per heavy atom. The minimum Gasteiger partial charge on any atom is -0.497 e. The van der Waals surface area contributed by atoms with Crippen LogP contribution in [0.5, 0.6) is 5.75 Å². The first kappa shape index (κ1) is 14.6. The van der Waals surface area contributed by atoms with E-state index in [0.29, 0.717) is 6.42 Å². The molecule has 0 unspecified atom stereocenters. The molecule has 2 heterocycles. The number of amides is 1. The first-order valence-electron chi connectivity index (χ1n) is 7.35. The van der Waals surface area contributed by atoms with Gasteiger partial charge in [-0.05, 0) is 17.7 Å². The minimum absolute atomic E-state index is 0.0402. The van der Waals surface area contributed by atoms with E-state index < -0.39 is 0 Å². The van der Waals surface area contributed by atoms with Gasteiger partial charge in [0, 0.05) is 32.1 Å². The van der Waals surface area contributed by atoms with Gasteiger partial charge in [0.15, 0.2) is 0 Å². The number of hydrogen-bond donors (Lipinski definition) is 2. The monoisotopic (exact) mass is 300 g/mol. The zero-order chi connectivity index (χ0) is 15.5. The van der Waals surface area contributed by atoms with Crippen molar-refractivity contribution in [2.45, 2.75) is 19.4 Å². The van der Waals surface area contributed by atoms with E-state index in [2.05, 4.69) is 15.7 Å². The second kappa shape index (κ2) is 6.19. The van der Waals surface area contributed by atoms with Crippen LogP contribution in [0.15, 0.2) is 24.3 Å². The highest BCUT2D eigenvalue weighted by atomic mass is 16.5. The Balaban J connectivity index is 1.70. The summed E-state index contributed by atoms with van der Waals surface area (Å²) in [6.45, 7) is 1.69. The molecule has 2 N–H and O–H groups in total. The van der Waals surface area contributed by atoms with Gasteiger partial charge in [0.05, 0.1) is 19.2 Å². The second-order valence-corrected chi connectivity index (χ2v) is 5.40. The smallest absolute Gasteiger partial charge is 0.229 e. The highest BCUT2D eigenvalue weighted by Crippen LogP contribution is 2.22. The molecule has 0 aliphatic carbocycles. The molecule has 1 amide bonds. The number of benzene rings is 1. The summed E-state index contributed by atoms with van der Waals surface area (Å²) in [4.78, 5) is 12.3. The van der Waals surface area contributed by atoms with Crippen molar-refractivity contribution >= 4 is 11.7 Å². The average Bonchev–Trinajstić information content (AvgIpc) is 2.84. The number of aromatic nitrogens is 2. The van der Waals surface area contributed by atoms with Crippen LogP contribution in [0.3, 0.4) is 0 Å². The van der Waals surface area contributed by atoms with E-state index in [1.807, 2.05) is 31.3 Å². The lowest BCUT2D eigenvalue weighted by atomic mass is 10.1. The van der Waals surface area contributed by atoms with Crippen LogP contribution in [0.1, 0.15) is 16.8 Å². The van der Waals surface area contributed by atoms with E-state index in [9.17, 15) is 4.79 Å². The molecule has 0 bridgehead atoms. The molecule has 1 aliphatic rings. The number of carbonyl (C=O) groups excluding carboxylic acids is 1. The molecule has 116 valence electrons. The van der Waals surface area contributed by atoms with Gasteiger partial charge in [-0.1, -0.05) is 12.1 Å². The molecule has 3 rings (SSSR count). The van der Waals surface area contributed by atoms with Gasteiger partial charge in [-0.3, -0.25) is 9.48 Å². The van der Waals surface area contributed by atoms with Crippen molar-refractivity contribution in [3.8, 4) is 5.75 Å². The number of hydrogen-bond acceptors (Lipinski definition) is 4. The molecule has 0 radical (unpaired) electrons. The van der Waals surface area contributed by atoms with Crippen molar-refractivity contribution < 1.29 is 9.53 Å². The van der Waals surface area contributed by atoms with Gasteiger partial charge < -0.3 is 15.4 Å². The lowest BCUT2D eigenvalue weighted by Crippen LogP contribution is -2.24. The maximum atomic E-state index is 12.3. The number of rotatable bonds is 4. The number of anilines is 1. The lowest BCUT2D eigenvalue weighted by Gasteiger charge is -2.13. The normalized spacial score (nSPS) is 13.5. The van der Waals surface area contributed by atoms with E-state index in [1.165, 1.54) is 0 Å². The molecular formula is C16H20N4O2. The van der Waals surface area contributed by atoms with Gasteiger partial charge in [-0.15, -0.1) is 0 Å². The molecule has 2 aromatic rings. The van der Waals surface area contributed by atoms with E-state index in [0.717, 1.165) is 47.9 Å². The first-order valence-corrected chi connectivity index (χ1v) is 7.35.